The van der Waals surface area contributed by atoms with E-state index in [4.69, 9.17) is 0 Å². The Balaban J connectivity index is 0.00000256. The first-order chi connectivity index (χ1) is 14.0. The zero-order valence-electron chi connectivity index (χ0n) is 18.1. The van der Waals surface area contributed by atoms with Gasteiger partial charge in [-0.1, -0.05) is 37.7 Å². The minimum absolute atomic E-state index is 0. The summed E-state index contributed by atoms with van der Waals surface area (Å²) in [5.41, 5.74) is 3.14. The first kappa shape index (κ1) is 23.0. The van der Waals surface area contributed by atoms with Crippen molar-refractivity contribution in [3.63, 3.8) is 0 Å². The molecule has 0 aromatic heterocycles. The molecule has 4 rings (SSSR count). The lowest BCUT2D eigenvalue weighted by atomic mass is 10.1. The van der Waals surface area contributed by atoms with E-state index in [1.165, 1.54) is 41.4 Å². The highest BCUT2D eigenvalue weighted by Gasteiger charge is 2.29. The van der Waals surface area contributed by atoms with Crippen molar-refractivity contribution in [1.29, 1.82) is 0 Å². The van der Waals surface area contributed by atoms with Crippen molar-refractivity contribution in [2.75, 3.05) is 31.1 Å². The molecule has 4 nitrogen and oxygen atoms in total. The van der Waals surface area contributed by atoms with Crippen molar-refractivity contribution in [2.24, 2.45) is 5.92 Å². The van der Waals surface area contributed by atoms with Gasteiger partial charge < -0.3 is 15.1 Å². The lowest BCUT2D eigenvalue weighted by Crippen LogP contribution is -2.40. The van der Waals surface area contributed by atoms with Crippen LogP contribution < -0.4 is 10.2 Å². The minimum atomic E-state index is 0. The standard InChI is InChI=1S/C24H31N3OS.ClH/c1-17(2)15-25-24(28)19-10-11-23-21(14-19)27(18(3)16-26-12-6-7-13-26)20-8-4-5-9-22(20)29-23;/h4-5,8-11,14,17-18H,6-7,12-13,15-16H2,1-3H3,(H,25,28);1H/t18-;/m1./s1. The number of fused-ring (bicyclic) bond motifs is 2. The van der Waals surface area contributed by atoms with Crippen LogP contribution in [-0.4, -0.2) is 43.0 Å². The summed E-state index contributed by atoms with van der Waals surface area (Å²) in [6, 6.07) is 15.1. The molecule has 162 valence electrons. The number of anilines is 2. The molecule has 6 heteroatoms. The number of halogens is 1. The maximum Gasteiger partial charge on any atom is 0.251 e. The number of carbonyl (C=O) groups is 1. The highest BCUT2D eigenvalue weighted by atomic mass is 35.5. The lowest BCUT2D eigenvalue weighted by molar-refractivity contribution is 0.0949. The van der Waals surface area contributed by atoms with Gasteiger partial charge in [0.25, 0.3) is 5.91 Å². The summed E-state index contributed by atoms with van der Waals surface area (Å²) in [6.07, 6.45) is 2.60. The summed E-state index contributed by atoms with van der Waals surface area (Å²) in [5, 5.41) is 3.05. The van der Waals surface area contributed by atoms with Crippen molar-refractivity contribution in [2.45, 2.75) is 49.4 Å². The Hall–Kier alpha value is -1.69. The van der Waals surface area contributed by atoms with Crippen LogP contribution in [0, 0.1) is 5.92 Å². The van der Waals surface area contributed by atoms with E-state index in [9.17, 15) is 4.79 Å². The highest BCUT2D eigenvalue weighted by Crippen LogP contribution is 2.49. The van der Waals surface area contributed by atoms with E-state index in [0.29, 0.717) is 18.5 Å². The molecule has 1 amide bonds. The number of para-hydroxylation sites is 1. The summed E-state index contributed by atoms with van der Waals surface area (Å²) in [6.45, 7) is 10.7. The first-order valence-corrected chi connectivity index (χ1v) is 11.6. The van der Waals surface area contributed by atoms with Crippen LogP contribution in [0.4, 0.5) is 11.4 Å². The van der Waals surface area contributed by atoms with E-state index in [1.807, 2.05) is 6.07 Å². The molecule has 0 unspecified atom stereocenters. The van der Waals surface area contributed by atoms with Gasteiger partial charge in [-0.25, -0.2) is 0 Å². The summed E-state index contributed by atoms with van der Waals surface area (Å²) in [5.74, 6) is 0.452. The van der Waals surface area contributed by atoms with Crippen molar-refractivity contribution in [3.8, 4) is 0 Å². The van der Waals surface area contributed by atoms with Crippen LogP contribution in [0.2, 0.25) is 0 Å². The number of carbonyl (C=O) groups excluding carboxylic acids is 1. The summed E-state index contributed by atoms with van der Waals surface area (Å²) in [7, 11) is 0. The second-order valence-corrected chi connectivity index (χ2v) is 9.67. The fourth-order valence-electron chi connectivity index (χ4n) is 4.22. The first-order valence-electron chi connectivity index (χ1n) is 10.7. The Bertz CT molecular complexity index is 883. The topological polar surface area (TPSA) is 35.6 Å². The molecule has 2 aromatic carbocycles. The molecule has 2 aromatic rings. The van der Waals surface area contributed by atoms with Crippen molar-refractivity contribution in [3.05, 3.63) is 48.0 Å². The monoisotopic (exact) mass is 445 g/mol. The number of nitrogens with zero attached hydrogens (tertiary/aromatic N) is 2. The fourth-order valence-corrected chi connectivity index (χ4v) is 5.27. The third-order valence-electron chi connectivity index (χ3n) is 5.66. The van der Waals surface area contributed by atoms with Gasteiger partial charge in [0.15, 0.2) is 0 Å². The molecule has 0 spiro atoms. The molecule has 0 saturated carbocycles. The SMILES string of the molecule is CC(C)CNC(=O)c1ccc2c(c1)N([C@H](C)CN1CCCC1)c1ccccc1S2.Cl. The summed E-state index contributed by atoms with van der Waals surface area (Å²) < 4.78 is 0. The maximum atomic E-state index is 12.7. The van der Waals surface area contributed by atoms with E-state index >= 15 is 0 Å². The van der Waals surface area contributed by atoms with Gasteiger partial charge in [0.2, 0.25) is 0 Å². The third kappa shape index (κ3) is 4.96. The Morgan fingerprint density at radius 3 is 2.47 bits per heavy atom. The van der Waals surface area contributed by atoms with Gasteiger partial charge in [0.1, 0.15) is 0 Å². The highest BCUT2D eigenvalue weighted by molar-refractivity contribution is 7.99. The van der Waals surface area contributed by atoms with E-state index in [0.717, 1.165) is 17.8 Å². The largest absolute Gasteiger partial charge is 0.352 e. The molecule has 1 saturated heterocycles. The Morgan fingerprint density at radius 1 is 1.03 bits per heavy atom. The predicted octanol–water partition coefficient (Wildman–Crippen LogP) is 5.58. The Labute approximate surface area is 190 Å². The van der Waals surface area contributed by atoms with Gasteiger partial charge in [-0.2, -0.15) is 0 Å². The number of rotatable bonds is 6. The lowest BCUT2D eigenvalue weighted by Gasteiger charge is -2.39. The van der Waals surface area contributed by atoms with Gasteiger partial charge in [0, 0.05) is 34.5 Å². The van der Waals surface area contributed by atoms with Crippen molar-refractivity contribution in [1.82, 2.24) is 10.2 Å². The molecule has 1 N–H and O–H groups in total. The van der Waals surface area contributed by atoms with Crippen LogP contribution >= 0.6 is 24.2 Å². The normalized spacial score (nSPS) is 16.6. The van der Waals surface area contributed by atoms with Crippen LogP contribution in [0.5, 0.6) is 0 Å². The molecule has 1 atom stereocenters. The number of benzene rings is 2. The smallest absolute Gasteiger partial charge is 0.251 e. The number of nitrogens with one attached hydrogen (secondary N) is 1. The molecule has 2 aliphatic heterocycles. The number of hydrogen-bond acceptors (Lipinski definition) is 4. The van der Waals surface area contributed by atoms with Crippen molar-refractivity contribution < 1.29 is 4.79 Å². The molecule has 2 heterocycles. The van der Waals surface area contributed by atoms with Crippen LogP contribution in [0.15, 0.2) is 52.3 Å². The number of amides is 1. The quantitative estimate of drug-likeness (QED) is 0.629. The van der Waals surface area contributed by atoms with Gasteiger partial charge in [-0.05, 0) is 69.1 Å². The summed E-state index contributed by atoms with van der Waals surface area (Å²) >= 11 is 1.80. The van der Waals surface area contributed by atoms with Gasteiger partial charge in [-0.3, -0.25) is 4.79 Å². The molecule has 30 heavy (non-hydrogen) atoms. The zero-order chi connectivity index (χ0) is 20.4. The van der Waals surface area contributed by atoms with Gasteiger partial charge in [-0.15, -0.1) is 12.4 Å². The molecule has 0 radical (unpaired) electrons. The number of hydrogen-bond donors (Lipinski definition) is 1. The average Bonchev–Trinajstić information content (AvgIpc) is 3.22. The predicted molar refractivity (Wildman–Crippen MR) is 129 cm³/mol. The van der Waals surface area contributed by atoms with E-state index in [1.54, 1.807) is 11.8 Å². The van der Waals surface area contributed by atoms with Gasteiger partial charge in [0.05, 0.1) is 11.4 Å². The van der Waals surface area contributed by atoms with Crippen LogP contribution in [0.25, 0.3) is 0 Å². The summed E-state index contributed by atoms with van der Waals surface area (Å²) in [4.78, 5) is 20.2. The number of likely N-dealkylation sites (tertiary alicyclic amines) is 1. The molecular formula is C24H32ClN3OS. The molecule has 2 aliphatic rings. The average molecular weight is 446 g/mol. The van der Waals surface area contributed by atoms with E-state index in [2.05, 4.69) is 72.3 Å². The molecule has 1 fully saturated rings. The molecule has 0 aliphatic carbocycles. The van der Waals surface area contributed by atoms with E-state index < -0.39 is 0 Å². The third-order valence-corrected chi connectivity index (χ3v) is 6.79. The van der Waals surface area contributed by atoms with Crippen molar-refractivity contribution >= 4 is 41.5 Å². The maximum absolute atomic E-state index is 12.7. The van der Waals surface area contributed by atoms with Crippen LogP contribution in [-0.2, 0) is 0 Å². The zero-order valence-corrected chi connectivity index (χ0v) is 19.7. The molecule has 0 bridgehead atoms. The van der Waals surface area contributed by atoms with E-state index in [-0.39, 0.29) is 18.3 Å². The fraction of sp³-hybridized carbons (Fsp3) is 0.458. The second-order valence-electron chi connectivity index (χ2n) is 8.58. The van der Waals surface area contributed by atoms with Crippen LogP contribution in [0.3, 0.4) is 0 Å². The second kappa shape index (κ2) is 10.1. The molecular weight excluding hydrogens is 414 g/mol. The van der Waals surface area contributed by atoms with Gasteiger partial charge >= 0.3 is 0 Å². The minimum Gasteiger partial charge on any atom is -0.352 e. The Kier molecular flexibility index (Phi) is 7.72. The van der Waals surface area contributed by atoms with Crippen LogP contribution in [0.1, 0.15) is 44.0 Å². The Morgan fingerprint density at radius 2 is 1.73 bits per heavy atom.